The molecule has 0 radical (unpaired) electrons. The highest BCUT2D eigenvalue weighted by Crippen LogP contribution is 2.34. The van der Waals surface area contributed by atoms with Gasteiger partial charge in [-0.3, -0.25) is 4.79 Å². The summed E-state index contributed by atoms with van der Waals surface area (Å²) in [6, 6.07) is 0. The van der Waals surface area contributed by atoms with Gasteiger partial charge in [0.25, 0.3) is 6.47 Å². The van der Waals surface area contributed by atoms with Crippen LogP contribution in [0.4, 0.5) is 13.2 Å². The molecule has 0 aliphatic rings. The van der Waals surface area contributed by atoms with Crippen LogP contribution in [-0.4, -0.2) is 11.5 Å². The standard InChI is InChI=1S/C6H4F3NO2S/c7-6(8,9)5-4(1-12-3-11)10-2-13-5/h2-3H,1H2. The second-order valence-electron chi connectivity index (χ2n) is 2.03. The highest BCUT2D eigenvalue weighted by Gasteiger charge is 2.35. The van der Waals surface area contributed by atoms with Crippen LogP contribution >= 0.6 is 11.3 Å². The van der Waals surface area contributed by atoms with Crippen molar-refractivity contribution in [1.29, 1.82) is 0 Å². The number of carbonyl (C=O) groups excluding carboxylic acids is 1. The molecule has 0 amide bonds. The molecule has 1 rings (SSSR count). The first kappa shape index (κ1) is 9.97. The second-order valence-corrected chi connectivity index (χ2v) is 2.89. The van der Waals surface area contributed by atoms with Gasteiger partial charge in [0.2, 0.25) is 0 Å². The van der Waals surface area contributed by atoms with Crippen molar-refractivity contribution in [1.82, 2.24) is 4.98 Å². The molecule has 0 atom stereocenters. The van der Waals surface area contributed by atoms with Crippen molar-refractivity contribution < 1.29 is 22.7 Å². The summed E-state index contributed by atoms with van der Waals surface area (Å²) >= 11 is 0.475. The number of nitrogens with zero attached hydrogens (tertiary/aromatic N) is 1. The Hall–Kier alpha value is -1.11. The Morgan fingerprint density at radius 1 is 1.62 bits per heavy atom. The molecule has 0 fully saturated rings. The Balaban J connectivity index is 2.83. The van der Waals surface area contributed by atoms with E-state index in [1.165, 1.54) is 0 Å². The van der Waals surface area contributed by atoms with Gasteiger partial charge in [0, 0.05) is 0 Å². The van der Waals surface area contributed by atoms with Crippen LogP contribution in [0.2, 0.25) is 0 Å². The molecule has 0 saturated heterocycles. The number of rotatable bonds is 3. The lowest BCUT2D eigenvalue weighted by Gasteiger charge is -2.04. The Morgan fingerprint density at radius 2 is 2.31 bits per heavy atom. The van der Waals surface area contributed by atoms with Crippen LogP contribution in [-0.2, 0) is 22.3 Å². The van der Waals surface area contributed by atoms with Gasteiger partial charge in [-0.1, -0.05) is 0 Å². The zero-order chi connectivity index (χ0) is 9.90. The predicted molar refractivity (Wildman–Crippen MR) is 38.0 cm³/mol. The Labute approximate surface area is 75.2 Å². The lowest BCUT2D eigenvalue weighted by Crippen LogP contribution is -2.07. The van der Waals surface area contributed by atoms with E-state index in [4.69, 9.17) is 0 Å². The van der Waals surface area contributed by atoms with Crippen LogP contribution in [0, 0.1) is 0 Å². The Morgan fingerprint density at radius 3 is 2.85 bits per heavy atom. The molecule has 0 spiro atoms. The number of halogens is 3. The topological polar surface area (TPSA) is 39.2 Å². The van der Waals surface area contributed by atoms with E-state index in [2.05, 4.69) is 9.72 Å². The summed E-state index contributed by atoms with van der Waals surface area (Å²) in [6.07, 6.45) is -4.43. The maximum atomic E-state index is 12.1. The van der Waals surface area contributed by atoms with Crippen molar-refractivity contribution in [3.8, 4) is 0 Å². The molecule has 0 unspecified atom stereocenters. The third-order valence-corrected chi connectivity index (χ3v) is 2.10. The fourth-order valence-electron chi connectivity index (χ4n) is 0.716. The molecule has 72 valence electrons. The van der Waals surface area contributed by atoms with Gasteiger partial charge in [0.05, 0.1) is 5.51 Å². The predicted octanol–water partition coefficient (Wildman–Crippen LogP) is 1.83. The van der Waals surface area contributed by atoms with E-state index in [9.17, 15) is 18.0 Å². The Bertz CT molecular complexity index is 296. The average molecular weight is 211 g/mol. The van der Waals surface area contributed by atoms with Crippen LogP contribution in [0.15, 0.2) is 5.51 Å². The highest BCUT2D eigenvalue weighted by molar-refractivity contribution is 7.09. The van der Waals surface area contributed by atoms with Crippen LogP contribution < -0.4 is 0 Å². The molecule has 1 aromatic heterocycles. The zero-order valence-corrected chi connectivity index (χ0v) is 6.98. The Kier molecular flexibility index (Phi) is 2.86. The molecule has 0 aliphatic heterocycles. The SMILES string of the molecule is O=COCc1ncsc1C(F)(F)F. The first-order valence-electron chi connectivity index (χ1n) is 3.10. The molecule has 3 nitrogen and oxygen atoms in total. The van der Waals surface area contributed by atoms with Crippen molar-refractivity contribution in [3.63, 3.8) is 0 Å². The number of ether oxygens (including phenoxy) is 1. The van der Waals surface area contributed by atoms with Gasteiger partial charge in [-0.25, -0.2) is 4.98 Å². The molecule has 0 aliphatic carbocycles. The fraction of sp³-hybridized carbons (Fsp3) is 0.333. The van der Waals surface area contributed by atoms with Crippen molar-refractivity contribution in [3.05, 3.63) is 16.1 Å². The minimum atomic E-state index is -4.43. The molecule has 0 bridgehead atoms. The zero-order valence-electron chi connectivity index (χ0n) is 6.17. The van der Waals surface area contributed by atoms with Crippen LogP contribution in [0.1, 0.15) is 10.6 Å². The van der Waals surface area contributed by atoms with Gasteiger partial charge < -0.3 is 4.74 Å². The summed E-state index contributed by atoms with van der Waals surface area (Å²) in [4.78, 5) is 12.3. The molecule has 0 N–H and O–H groups in total. The lowest BCUT2D eigenvalue weighted by molar-refractivity contribution is -0.138. The maximum absolute atomic E-state index is 12.1. The number of carbonyl (C=O) groups is 1. The molecule has 1 heterocycles. The summed E-state index contributed by atoms with van der Waals surface area (Å²) in [5.74, 6) is 0. The second kappa shape index (κ2) is 3.73. The molecule has 0 aromatic carbocycles. The van der Waals surface area contributed by atoms with Gasteiger partial charge in [-0.15, -0.1) is 11.3 Å². The monoisotopic (exact) mass is 211 g/mol. The summed E-state index contributed by atoms with van der Waals surface area (Å²) in [7, 11) is 0. The van der Waals surface area contributed by atoms with Crippen molar-refractivity contribution in [2.24, 2.45) is 0 Å². The minimum absolute atomic E-state index is 0.0828. The molecule has 13 heavy (non-hydrogen) atoms. The third kappa shape index (κ3) is 2.41. The number of aromatic nitrogens is 1. The van der Waals surface area contributed by atoms with E-state index in [1.54, 1.807) is 0 Å². The average Bonchev–Trinajstić information content (AvgIpc) is 2.47. The first-order valence-corrected chi connectivity index (χ1v) is 3.98. The number of hydrogen-bond acceptors (Lipinski definition) is 4. The first-order chi connectivity index (χ1) is 6.05. The normalized spacial score (nSPS) is 11.3. The van der Waals surface area contributed by atoms with Gasteiger partial charge in [0.15, 0.2) is 0 Å². The van der Waals surface area contributed by atoms with Crippen molar-refractivity contribution >= 4 is 17.8 Å². The quantitative estimate of drug-likeness (QED) is 0.716. The van der Waals surface area contributed by atoms with E-state index in [0.29, 0.717) is 11.3 Å². The van der Waals surface area contributed by atoms with Gasteiger partial charge in [-0.2, -0.15) is 13.2 Å². The van der Waals surface area contributed by atoms with Crippen molar-refractivity contribution in [2.75, 3.05) is 0 Å². The number of alkyl halides is 3. The van der Waals surface area contributed by atoms with Gasteiger partial charge in [0.1, 0.15) is 17.2 Å². The van der Waals surface area contributed by atoms with E-state index in [-0.39, 0.29) is 12.2 Å². The fourth-order valence-corrected chi connectivity index (χ4v) is 1.38. The van der Waals surface area contributed by atoms with E-state index in [0.717, 1.165) is 5.51 Å². The van der Waals surface area contributed by atoms with E-state index < -0.39 is 17.7 Å². The summed E-state index contributed by atoms with van der Waals surface area (Å²) in [6.45, 7) is -0.360. The number of thiazole rings is 1. The van der Waals surface area contributed by atoms with Crippen molar-refractivity contribution in [2.45, 2.75) is 12.8 Å². The molecule has 1 aromatic rings. The third-order valence-electron chi connectivity index (χ3n) is 1.19. The van der Waals surface area contributed by atoms with Gasteiger partial charge in [-0.05, 0) is 0 Å². The van der Waals surface area contributed by atoms with E-state index in [1.807, 2.05) is 0 Å². The smallest absolute Gasteiger partial charge is 0.427 e. The van der Waals surface area contributed by atoms with E-state index >= 15 is 0 Å². The van der Waals surface area contributed by atoms with Crippen LogP contribution in [0.25, 0.3) is 0 Å². The summed E-state index contributed by atoms with van der Waals surface area (Å²) in [5, 5.41) is 0. The summed E-state index contributed by atoms with van der Waals surface area (Å²) < 4.78 is 40.6. The minimum Gasteiger partial charge on any atom is -0.461 e. The molecule has 0 saturated carbocycles. The van der Waals surface area contributed by atoms with Gasteiger partial charge >= 0.3 is 6.18 Å². The largest absolute Gasteiger partial charge is 0.461 e. The lowest BCUT2D eigenvalue weighted by atomic mass is 10.4. The number of hydrogen-bond donors (Lipinski definition) is 0. The summed E-state index contributed by atoms with van der Waals surface area (Å²) in [5.41, 5.74) is 0.802. The van der Waals surface area contributed by atoms with Crippen LogP contribution in [0.5, 0.6) is 0 Å². The molecular formula is C6H4F3NO2S. The maximum Gasteiger partial charge on any atom is 0.427 e. The molecular weight excluding hydrogens is 207 g/mol. The van der Waals surface area contributed by atoms with Crippen LogP contribution in [0.3, 0.4) is 0 Å². The highest BCUT2D eigenvalue weighted by atomic mass is 32.1. The molecule has 7 heteroatoms.